The van der Waals surface area contributed by atoms with Gasteiger partial charge in [-0.15, -0.1) is 12.4 Å². The molecular weight excluding hydrogens is 248 g/mol. The number of carbonyl (C=O) groups is 1. The molecular formula is C14H27ClN2O. The maximum absolute atomic E-state index is 12.2. The molecule has 4 heteroatoms. The number of carbonyl (C=O) groups excluding carboxylic acids is 1. The highest BCUT2D eigenvalue weighted by Gasteiger charge is 2.23. The average molecular weight is 275 g/mol. The number of hydrogen-bond acceptors (Lipinski definition) is 2. The van der Waals surface area contributed by atoms with Gasteiger partial charge in [-0.3, -0.25) is 4.79 Å². The molecule has 1 aliphatic heterocycles. The van der Waals surface area contributed by atoms with Crippen LogP contribution in [0.2, 0.25) is 0 Å². The molecule has 18 heavy (non-hydrogen) atoms. The molecule has 2 aliphatic rings. The molecule has 1 N–H and O–H groups in total. The van der Waals surface area contributed by atoms with E-state index in [1.54, 1.807) is 0 Å². The summed E-state index contributed by atoms with van der Waals surface area (Å²) >= 11 is 0. The van der Waals surface area contributed by atoms with Crippen molar-refractivity contribution in [1.82, 2.24) is 10.2 Å². The van der Waals surface area contributed by atoms with Crippen molar-refractivity contribution in [3.05, 3.63) is 0 Å². The van der Waals surface area contributed by atoms with Crippen molar-refractivity contribution in [2.45, 2.75) is 57.9 Å². The highest BCUT2D eigenvalue weighted by atomic mass is 35.5. The summed E-state index contributed by atoms with van der Waals surface area (Å²) in [4.78, 5) is 14.3. The van der Waals surface area contributed by atoms with Crippen LogP contribution in [0.5, 0.6) is 0 Å². The molecule has 1 atom stereocenters. The molecule has 2 rings (SSSR count). The van der Waals surface area contributed by atoms with Crippen molar-refractivity contribution in [2.75, 3.05) is 19.6 Å². The van der Waals surface area contributed by atoms with Gasteiger partial charge in [0.25, 0.3) is 0 Å². The van der Waals surface area contributed by atoms with Crippen molar-refractivity contribution < 1.29 is 4.79 Å². The van der Waals surface area contributed by atoms with E-state index in [4.69, 9.17) is 0 Å². The van der Waals surface area contributed by atoms with Gasteiger partial charge in [-0.25, -0.2) is 0 Å². The Balaban J connectivity index is 0.00000162. The molecule has 0 radical (unpaired) electrons. The zero-order valence-electron chi connectivity index (χ0n) is 11.5. The van der Waals surface area contributed by atoms with Crippen LogP contribution in [0, 0.1) is 5.92 Å². The molecule has 1 saturated carbocycles. The van der Waals surface area contributed by atoms with Crippen LogP contribution in [0.25, 0.3) is 0 Å². The summed E-state index contributed by atoms with van der Waals surface area (Å²) in [6, 6.07) is 0.460. The molecule has 0 aromatic heterocycles. The summed E-state index contributed by atoms with van der Waals surface area (Å²) in [5.74, 6) is 1.06. The van der Waals surface area contributed by atoms with E-state index in [1.165, 1.54) is 38.5 Å². The summed E-state index contributed by atoms with van der Waals surface area (Å²) < 4.78 is 0. The van der Waals surface area contributed by atoms with Crippen molar-refractivity contribution >= 4 is 18.3 Å². The summed E-state index contributed by atoms with van der Waals surface area (Å²) in [5, 5.41) is 3.39. The van der Waals surface area contributed by atoms with E-state index in [9.17, 15) is 4.79 Å². The number of nitrogens with one attached hydrogen (secondary N) is 1. The number of piperazine rings is 1. The minimum Gasteiger partial charge on any atom is -0.340 e. The van der Waals surface area contributed by atoms with Crippen LogP contribution in [0.15, 0.2) is 0 Å². The summed E-state index contributed by atoms with van der Waals surface area (Å²) in [5.41, 5.74) is 0. The molecule has 1 amide bonds. The van der Waals surface area contributed by atoms with Crippen LogP contribution < -0.4 is 5.32 Å². The molecule has 106 valence electrons. The Morgan fingerprint density at radius 1 is 1.22 bits per heavy atom. The maximum Gasteiger partial charge on any atom is 0.222 e. The fourth-order valence-electron chi connectivity index (χ4n) is 3.10. The minimum atomic E-state index is 0. The van der Waals surface area contributed by atoms with Crippen LogP contribution in [0.4, 0.5) is 0 Å². The standard InChI is InChI=1S/C14H26N2O.ClH/c1-12-11-16(9-8-15-12)14(17)10-13-6-4-2-3-5-7-13;/h12-13,15H,2-11H2,1H3;1H/t12-;/m1./s1. The predicted octanol–water partition coefficient (Wildman–Crippen LogP) is 2.59. The number of hydrogen-bond donors (Lipinski definition) is 1. The number of halogens is 1. The van der Waals surface area contributed by atoms with Crippen LogP contribution in [0.1, 0.15) is 51.9 Å². The van der Waals surface area contributed by atoms with Crippen molar-refractivity contribution in [3.8, 4) is 0 Å². The third-order valence-corrected chi connectivity index (χ3v) is 4.16. The zero-order valence-corrected chi connectivity index (χ0v) is 12.3. The van der Waals surface area contributed by atoms with Crippen molar-refractivity contribution in [3.63, 3.8) is 0 Å². The smallest absolute Gasteiger partial charge is 0.222 e. The Labute approximate surface area is 117 Å². The minimum absolute atomic E-state index is 0. The highest BCUT2D eigenvalue weighted by Crippen LogP contribution is 2.26. The molecule has 0 aromatic rings. The summed E-state index contributed by atoms with van der Waals surface area (Å²) in [6.45, 7) is 4.91. The fraction of sp³-hybridized carbons (Fsp3) is 0.929. The van der Waals surface area contributed by atoms with Gasteiger partial charge in [-0.2, -0.15) is 0 Å². The first-order chi connectivity index (χ1) is 8.25. The fourth-order valence-corrected chi connectivity index (χ4v) is 3.10. The van der Waals surface area contributed by atoms with E-state index >= 15 is 0 Å². The lowest BCUT2D eigenvalue weighted by Gasteiger charge is -2.32. The quantitative estimate of drug-likeness (QED) is 0.785. The van der Waals surface area contributed by atoms with E-state index in [0.29, 0.717) is 17.9 Å². The lowest BCUT2D eigenvalue weighted by atomic mass is 9.96. The summed E-state index contributed by atoms with van der Waals surface area (Å²) in [6.07, 6.45) is 8.74. The average Bonchev–Trinajstić information content (AvgIpc) is 2.57. The van der Waals surface area contributed by atoms with Crippen LogP contribution in [-0.2, 0) is 4.79 Å². The van der Waals surface area contributed by atoms with Gasteiger partial charge in [0.1, 0.15) is 0 Å². The Bertz CT molecular complexity index is 252. The van der Waals surface area contributed by atoms with Gasteiger partial charge < -0.3 is 10.2 Å². The predicted molar refractivity (Wildman–Crippen MR) is 77.1 cm³/mol. The molecule has 0 bridgehead atoms. The SMILES string of the molecule is C[C@@H]1CN(C(=O)CC2CCCCCC2)CCN1.Cl. The van der Waals surface area contributed by atoms with Gasteiger partial charge in [0.05, 0.1) is 0 Å². The first kappa shape index (κ1) is 15.8. The first-order valence-electron chi connectivity index (χ1n) is 7.27. The Hall–Kier alpha value is -0.280. The lowest BCUT2D eigenvalue weighted by Crippen LogP contribution is -2.51. The van der Waals surface area contributed by atoms with E-state index in [0.717, 1.165) is 26.1 Å². The largest absolute Gasteiger partial charge is 0.340 e. The monoisotopic (exact) mass is 274 g/mol. The summed E-state index contributed by atoms with van der Waals surface area (Å²) in [7, 11) is 0. The van der Waals surface area contributed by atoms with E-state index in [2.05, 4.69) is 17.1 Å². The zero-order chi connectivity index (χ0) is 12.1. The molecule has 0 aromatic carbocycles. The molecule has 0 unspecified atom stereocenters. The highest BCUT2D eigenvalue weighted by molar-refractivity contribution is 5.85. The second-order valence-electron chi connectivity index (χ2n) is 5.76. The van der Waals surface area contributed by atoms with Gasteiger partial charge in [-0.1, -0.05) is 25.7 Å². The van der Waals surface area contributed by atoms with E-state index < -0.39 is 0 Å². The molecule has 0 spiro atoms. The van der Waals surface area contributed by atoms with Gasteiger partial charge in [0.2, 0.25) is 5.91 Å². The maximum atomic E-state index is 12.2. The first-order valence-corrected chi connectivity index (χ1v) is 7.27. The Morgan fingerprint density at radius 2 is 1.89 bits per heavy atom. The van der Waals surface area contributed by atoms with Gasteiger partial charge in [0.15, 0.2) is 0 Å². The molecule has 1 aliphatic carbocycles. The number of nitrogens with zero attached hydrogens (tertiary/aromatic N) is 1. The molecule has 1 saturated heterocycles. The van der Waals surface area contributed by atoms with E-state index in [-0.39, 0.29) is 12.4 Å². The second kappa shape index (κ2) is 8.00. The van der Waals surface area contributed by atoms with E-state index in [1.807, 2.05) is 0 Å². The van der Waals surface area contributed by atoms with Crippen LogP contribution in [0.3, 0.4) is 0 Å². The molecule has 2 fully saturated rings. The lowest BCUT2D eigenvalue weighted by molar-refractivity contribution is -0.133. The second-order valence-corrected chi connectivity index (χ2v) is 5.76. The van der Waals surface area contributed by atoms with Gasteiger partial charge in [0, 0.05) is 32.1 Å². The molecule has 1 heterocycles. The third kappa shape index (κ3) is 4.77. The third-order valence-electron chi connectivity index (χ3n) is 4.16. The van der Waals surface area contributed by atoms with Crippen LogP contribution in [-0.4, -0.2) is 36.5 Å². The Morgan fingerprint density at radius 3 is 2.50 bits per heavy atom. The topological polar surface area (TPSA) is 32.3 Å². The van der Waals surface area contributed by atoms with Gasteiger partial charge >= 0.3 is 0 Å². The van der Waals surface area contributed by atoms with Crippen molar-refractivity contribution in [1.29, 1.82) is 0 Å². The number of amides is 1. The van der Waals surface area contributed by atoms with Crippen LogP contribution >= 0.6 is 12.4 Å². The van der Waals surface area contributed by atoms with Gasteiger partial charge in [-0.05, 0) is 25.7 Å². The molecule has 3 nitrogen and oxygen atoms in total. The number of rotatable bonds is 2. The van der Waals surface area contributed by atoms with Crippen molar-refractivity contribution in [2.24, 2.45) is 5.92 Å². The Kier molecular flexibility index (Phi) is 7.02. The normalized spacial score (nSPS) is 26.3.